The number of nitrogens with zero attached hydrogens (tertiary/aromatic N) is 3. The van der Waals surface area contributed by atoms with E-state index in [-0.39, 0.29) is 0 Å². The third kappa shape index (κ3) is 11.1. The van der Waals surface area contributed by atoms with Gasteiger partial charge < -0.3 is 0 Å². The van der Waals surface area contributed by atoms with Gasteiger partial charge in [-0.3, -0.25) is 15.4 Å². The number of aryl methyl sites for hydroxylation is 2. The lowest BCUT2D eigenvalue weighted by Gasteiger charge is -2.11. The van der Waals surface area contributed by atoms with Crippen molar-refractivity contribution < 1.29 is 0 Å². The number of rotatable bonds is 13. The number of hydrazone groups is 1. The number of nitrogens with one attached hydrogen (secondary N) is 1. The quantitative estimate of drug-likeness (QED) is 0.126. The van der Waals surface area contributed by atoms with Crippen molar-refractivity contribution in [2.24, 2.45) is 15.1 Å². The Hall–Kier alpha value is -4.05. The van der Waals surface area contributed by atoms with Gasteiger partial charge in [0.15, 0.2) is 0 Å². The first kappa shape index (κ1) is 34.2. The minimum Gasteiger partial charge on any atom is -0.270 e. The van der Waals surface area contributed by atoms with Crippen LogP contribution in [-0.4, -0.2) is 25.3 Å². The molecule has 4 heteroatoms. The summed E-state index contributed by atoms with van der Waals surface area (Å²) in [7, 11) is 1.74. The van der Waals surface area contributed by atoms with E-state index in [2.05, 4.69) is 118 Å². The highest BCUT2D eigenvalue weighted by molar-refractivity contribution is 6.04. The minimum absolute atomic E-state index is 0.718. The van der Waals surface area contributed by atoms with Crippen LogP contribution < -0.4 is 5.43 Å². The van der Waals surface area contributed by atoms with Gasteiger partial charge in [-0.25, -0.2) is 0 Å². The maximum atomic E-state index is 4.75. The number of hydrogen-bond donors (Lipinski definition) is 1. The first-order valence-electron chi connectivity index (χ1n) is 15.2. The molecule has 3 rings (SSSR count). The fraction of sp³-hybridized carbons (Fsp3) is 0.342. The van der Waals surface area contributed by atoms with Gasteiger partial charge in [0.1, 0.15) is 5.84 Å². The summed E-state index contributed by atoms with van der Waals surface area (Å²) in [6.45, 7) is 18.2. The van der Waals surface area contributed by atoms with E-state index in [0.29, 0.717) is 0 Å². The van der Waals surface area contributed by atoms with E-state index >= 15 is 0 Å². The van der Waals surface area contributed by atoms with E-state index in [1.807, 2.05) is 24.3 Å². The van der Waals surface area contributed by atoms with Crippen LogP contribution in [0.25, 0.3) is 17.2 Å². The standard InChI is InChI=1S/C21H31N.C17H19N3/c1-6-8-13-18(4)22-19(5)17(3)12-11-16-21-15-10-9-14-20(21)7-2;1-4-13-9-11-14(12-10-13)15-7-5-6-8-16(15)17(18-2)20-19-3/h7,9-10,14-15H,2,6,8,11-13,16H2,1,3-5H3;5-12H,3-4H2,1-2H3,(H,18,20)/b19-17+,22-18?;. The molecule has 0 aliphatic heterocycles. The molecular weight excluding hydrogens is 512 g/mol. The molecule has 1 N–H and O–H groups in total. The molecule has 0 saturated carbocycles. The summed E-state index contributed by atoms with van der Waals surface area (Å²) >= 11 is 0. The van der Waals surface area contributed by atoms with Crippen molar-refractivity contribution >= 4 is 24.3 Å². The van der Waals surface area contributed by atoms with Crippen LogP contribution in [0.1, 0.15) is 89.0 Å². The Morgan fingerprint density at radius 2 is 1.55 bits per heavy atom. The summed E-state index contributed by atoms with van der Waals surface area (Å²) in [5.41, 5.74) is 14.0. The molecule has 0 saturated heterocycles. The zero-order valence-electron chi connectivity index (χ0n) is 26.7. The molecule has 0 atom stereocenters. The van der Waals surface area contributed by atoms with Crippen LogP contribution in [0.15, 0.2) is 106 Å². The second kappa shape index (κ2) is 19.1. The normalized spacial score (nSPS) is 12.1. The van der Waals surface area contributed by atoms with Crippen LogP contribution in [-0.2, 0) is 12.8 Å². The molecule has 222 valence electrons. The fourth-order valence-electron chi connectivity index (χ4n) is 4.72. The van der Waals surface area contributed by atoms with Crippen molar-refractivity contribution in [2.45, 2.75) is 79.6 Å². The average molecular weight is 563 g/mol. The van der Waals surface area contributed by atoms with Crippen molar-refractivity contribution in [2.75, 3.05) is 7.05 Å². The number of hydrogen-bond acceptors (Lipinski definition) is 3. The molecule has 0 amide bonds. The van der Waals surface area contributed by atoms with E-state index in [1.54, 1.807) is 7.05 Å². The summed E-state index contributed by atoms with van der Waals surface area (Å²) in [4.78, 5) is 8.99. The van der Waals surface area contributed by atoms with Gasteiger partial charge >= 0.3 is 0 Å². The summed E-state index contributed by atoms with van der Waals surface area (Å²) < 4.78 is 0. The minimum atomic E-state index is 0.718. The lowest BCUT2D eigenvalue weighted by molar-refractivity contribution is 0.799. The van der Waals surface area contributed by atoms with Crippen LogP contribution in [0.3, 0.4) is 0 Å². The molecule has 3 aromatic rings. The van der Waals surface area contributed by atoms with Gasteiger partial charge in [0.25, 0.3) is 0 Å². The second-order valence-electron chi connectivity index (χ2n) is 10.5. The molecule has 0 aliphatic carbocycles. The molecule has 0 aliphatic rings. The summed E-state index contributed by atoms with van der Waals surface area (Å²) in [6, 6.07) is 25.3. The van der Waals surface area contributed by atoms with E-state index in [4.69, 9.17) is 4.99 Å². The SMILES string of the molecule is C=Cc1ccccc1CCC/C(C)=C(\C)N=C(C)CCCC.C=NNC(=NC)c1ccccc1-c1ccc(CC)cc1. The molecule has 4 nitrogen and oxygen atoms in total. The predicted octanol–water partition coefficient (Wildman–Crippen LogP) is 10.1. The average Bonchev–Trinajstić information content (AvgIpc) is 3.03. The summed E-state index contributed by atoms with van der Waals surface area (Å²) in [6.07, 6.45) is 9.96. The molecule has 0 spiro atoms. The molecule has 0 unspecified atom stereocenters. The summed E-state index contributed by atoms with van der Waals surface area (Å²) in [5, 5.41) is 3.71. The van der Waals surface area contributed by atoms with Crippen LogP contribution in [0.2, 0.25) is 0 Å². The Morgan fingerprint density at radius 3 is 2.19 bits per heavy atom. The molecule has 3 aromatic carbocycles. The molecule has 0 bridgehead atoms. The molecule has 0 radical (unpaired) electrons. The molecular formula is C38H50N4. The Morgan fingerprint density at radius 1 is 0.857 bits per heavy atom. The van der Waals surface area contributed by atoms with Crippen molar-refractivity contribution in [3.63, 3.8) is 0 Å². The van der Waals surface area contributed by atoms with Gasteiger partial charge in [0, 0.05) is 30.7 Å². The van der Waals surface area contributed by atoms with Gasteiger partial charge in [-0.2, -0.15) is 5.10 Å². The third-order valence-corrected chi connectivity index (χ3v) is 7.41. The third-order valence-electron chi connectivity index (χ3n) is 7.41. The van der Waals surface area contributed by atoms with Crippen LogP contribution in [0, 0.1) is 0 Å². The highest BCUT2D eigenvalue weighted by Crippen LogP contribution is 2.24. The van der Waals surface area contributed by atoms with Crippen molar-refractivity contribution in [1.82, 2.24) is 5.43 Å². The number of allylic oxidation sites excluding steroid dienone is 2. The van der Waals surface area contributed by atoms with Crippen LogP contribution in [0.4, 0.5) is 0 Å². The Bertz CT molecular complexity index is 1360. The Balaban J connectivity index is 0.000000294. The molecule has 0 fully saturated rings. The highest BCUT2D eigenvalue weighted by atomic mass is 15.3. The van der Waals surface area contributed by atoms with Crippen molar-refractivity contribution in [3.8, 4) is 11.1 Å². The fourth-order valence-corrected chi connectivity index (χ4v) is 4.72. The Labute approximate surface area is 255 Å². The summed E-state index contributed by atoms with van der Waals surface area (Å²) in [5.74, 6) is 0.718. The van der Waals surface area contributed by atoms with Crippen molar-refractivity contribution in [1.29, 1.82) is 0 Å². The molecule has 0 heterocycles. The zero-order valence-corrected chi connectivity index (χ0v) is 26.7. The topological polar surface area (TPSA) is 49.1 Å². The lowest BCUT2D eigenvalue weighted by Crippen LogP contribution is -2.19. The van der Waals surface area contributed by atoms with Gasteiger partial charge in [0.05, 0.1) is 0 Å². The van der Waals surface area contributed by atoms with E-state index in [9.17, 15) is 0 Å². The van der Waals surface area contributed by atoms with Gasteiger partial charge in [-0.05, 0) is 87.1 Å². The van der Waals surface area contributed by atoms with E-state index in [0.717, 1.165) is 49.1 Å². The monoisotopic (exact) mass is 562 g/mol. The lowest BCUT2D eigenvalue weighted by atomic mass is 9.97. The molecule has 42 heavy (non-hydrogen) atoms. The maximum absolute atomic E-state index is 4.75. The maximum Gasteiger partial charge on any atom is 0.149 e. The molecule has 0 aromatic heterocycles. The van der Waals surface area contributed by atoms with Crippen LogP contribution >= 0.6 is 0 Å². The number of unbranched alkanes of at least 4 members (excludes halogenated alkanes) is 1. The number of benzene rings is 3. The van der Waals surface area contributed by atoms with Gasteiger partial charge in [-0.15, -0.1) is 0 Å². The van der Waals surface area contributed by atoms with E-state index in [1.165, 1.54) is 52.1 Å². The van der Waals surface area contributed by atoms with Crippen molar-refractivity contribution in [3.05, 3.63) is 113 Å². The smallest absolute Gasteiger partial charge is 0.149 e. The number of amidine groups is 1. The van der Waals surface area contributed by atoms with Crippen LogP contribution in [0.5, 0.6) is 0 Å². The number of aliphatic imine (C=N–C) groups is 2. The van der Waals surface area contributed by atoms with Gasteiger partial charge in [-0.1, -0.05) is 111 Å². The first-order valence-corrected chi connectivity index (χ1v) is 15.2. The second-order valence-corrected chi connectivity index (χ2v) is 10.5. The zero-order chi connectivity index (χ0) is 30.7. The highest BCUT2D eigenvalue weighted by Gasteiger charge is 2.09. The van der Waals surface area contributed by atoms with E-state index < -0.39 is 0 Å². The largest absolute Gasteiger partial charge is 0.270 e. The van der Waals surface area contributed by atoms with Gasteiger partial charge in [0.2, 0.25) is 0 Å². The Kier molecular flexibility index (Phi) is 15.6. The predicted molar refractivity (Wildman–Crippen MR) is 187 cm³/mol. The first-order chi connectivity index (χ1) is 20.4.